The van der Waals surface area contributed by atoms with Crippen molar-refractivity contribution in [2.24, 2.45) is 0 Å². The van der Waals surface area contributed by atoms with Crippen LogP contribution in [0.4, 0.5) is 0 Å². The molecular formula is C9H8N. The maximum atomic E-state index is 3.02. The van der Waals surface area contributed by atoms with Crippen molar-refractivity contribution in [1.29, 1.82) is 0 Å². The van der Waals surface area contributed by atoms with Gasteiger partial charge in [0.2, 0.25) is 0 Å². The second kappa shape index (κ2) is 1.87. The topological polar surface area (TPSA) is 15.8 Å². The van der Waals surface area contributed by atoms with Crippen molar-refractivity contribution >= 4 is 10.9 Å². The maximum absolute atomic E-state index is 3.02. The molecule has 1 heteroatoms. The lowest BCUT2D eigenvalue weighted by Crippen LogP contribution is -1.69. The second-order valence-electron chi connectivity index (χ2n) is 2.50. The Balaban J connectivity index is 2.86. The molecule has 10 heavy (non-hydrogen) atoms. The smallest absolute Gasteiger partial charge is 0.0630 e. The molecule has 0 spiro atoms. The molecule has 0 bridgehead atoms. The average Bonchev–Trinajstić information content (AvgIpc) is 2.33. The minimum atomic E-state index is 1.16. The molecule has 2 aromatic rings. The van der Waals surface area contributed by atoms with Gasteiger partial charge in [-0.15, -0.1) is 0 Å². The molecular weight excluding hydrogens is 122 g/mol. The van der Waals surface area contributed by atoms with E-state index < -0.39 is 0 Å². The van der Waals surface area contributed by atoms with Crippen molar-refractivity contribution in [3.8, 4) is 0 Å². The van der Waals surface area contributed by atoms with Crippen LogP contribution in [0.5, 0.6) is 0 Å². The number of aryl methyl sites for hydroxylation is 1. The van der Waals surface area contributed by atoms with Gasteiger partial charge in [0.1, 0.15) is 0 Å². The SMILES string of the molecule is Cc1ccc2[nH][c]cc2c1. The molecule has 1 aromatic carbocycles. The monoisotopic (exact) mass is 130 g/mol. The quantitative estimate of drug-likeness (QED) is 0.563. The summed E-state index contributed by atoms with van der Waals surface area (Å²) in [5, 5.41) is 1.24. The van der Waals surface area contributed by atoms with E-state index in [9.17, 15) is 0 Å². The number of H-pyrrole nitrogens is 1. The largest absolute Gasteiger partial charge is 0.353 e. The minimum absolute atomic E-state index is 1.16. The van der Waals surface area contributed by atoms with Crippen LogP contribution in [0, 0.1) is 13.1 Å². The summed E-state index contributed by atoms with van der Waals surface area (Å²) in [6.45, 7) is 2.09. The number of hydrogen-bond donors (Lipinski definition) is 1. The molecule has 1 aromatic heterocycles. The first-order chi connectivity index (χ1) is 4.86. The number of aromatic nitrogens is 1. The molecule has 1 heterocycles. The van der Waals surface area contributed by atoms with Crippen LogP contribution in [0.25, 0.3) is 10.9 Å². The van der Waals surface area contributed by atoms with Gasteiger partial charge in [0.05, 0.1) is 6.20 Å². The predicted molar refractivity (Wildman–Crippen MR) is 41.9 cm³/mol. The fraction of sp³-hybridized carbons (Fsp3) is 0.111. The Morgan fingerprint density at radius 3 is 3.20 bits per heavy atom. The Morgan fingerprint density at radius 1 is 1.40 bits per heavy atom. The lowest BCUT2D eigenvalue weighted by Gasteiger charge is -1.90. The van der Waals surface area contributed by atoms with E-state index in [1.54, 1.807) is 0 Å². The van der Waals surface area contributed by atoms with E-state index in [-0.39, 0.29) is 0 Å². The van der Waals surface area contributed by atoms with E-state index in [0.717, 1.165) is 5.52 Å². The Hall–Kier alpha value is -1.24. The van der Waals surface area contributed by atoms with Crippen LogP contribution in [-0.4, -0.2) is 4.98 Å². The summed E-state index contributed by atoms with van der Waals surface area (Å²) >= 11 is 0. The molecule has 2 rings (SSSR count). The van der Waals surface area contributed by atoms with E-state index in [0.29, 0.717) is 0 Å². The first-order valence-electron chi connectivity index (χ1n) is 3.32. The number of rotatable bonds is 0. The van der Waals surface area contributed by atoms with Gasteiger partial charge in [-0.25, -0.2) is 0 Å². The number of aromatic amines is 1. The van der Waals surface area contributed by atoms with Crippen LogP contribution in [0.1, 0.15) is 5.56 Å². The van der Waals surface area contributed by atoms with E-state index in [1.165, 1.54) is 10.9 Å². The third kappa shape index (κ3) is 0.711. The molecule has 0 unspecified atom stereocenters. The van der Waals surface area contributed by atoms with Gasteiger partial charge < -0.3 is 4.98 Å². The highest BCUT2D eigenvalue weighted by atomic mass is 14.7. The van der Waals surface area contributed by atoms with Gasteiger partial charge in [-0.1, -0.05) is 11.6 Å². The molecule has 0 saturated heterocycles. The lowest BCUT2D eigenvalue weighted by molar-refractivity contribution is 1.44. The van der Waals surface area contributed by atoms with Crippen molar-refractivity contribution in [3.63, 3.8) is 0 Å². The predicted octanol–water partition coefficient (Wildman–Crippen LogP) is 2.28. The van der Waals surface area contributed by atoms with E-state index in [4.69, 9.17) is 0 Å². The molecule has 49 valence electrons. The fourth-order valence-electron chi connectivity index (χ4n) is 1.11. The first-order valence-corrected chi connectivity index (χ1v) is 3.32. The minimum Gasteiger partial charge on any atom is -0.353 e. The summed E-state index contributed by atoms with van der Waals surface area (Å²) in [4.78, 5) is 3.02. The number of nitrogens with one attached hydrogen (secondary N) is 1. The Bertz CT molecular complexity index is 346. The van der Waals surface area contributed by atoms with Gasteiger partial charge in [-0.2, -0.15) is 0 Å². The molecule has 0 aliphatic carbocycles. The van der Waals surface area contributed by atoms with Crippen LogP contribution in [0.15, 0.2) is 24.3 Å². The summed E-state index contributed by atoms with van der Waals surface area (Å²) in [5.41, 5.74) is 2.45. The molecule has 1 radical (unpaired) electrons. The van der Waals surface area contributed by atoms with Crippen molar-refractivity contribution in [2.75, 3.05) is 0 Å². The lowest BCUT2D eigenvalue weighted by atomic mass is 10.2. The van der Waals surface area contributed by atoms with Crippen LogP contribution >= 0.6 is 0 Å². The molecule has 0 aliphatic heterocycles. The van der Waals surface area contributed by atoms with Gasteiger partial charge in [0.15, 0.2) is 0 Å². The number of fused-ring (bicyclic) bond motifs is 1. The van der Waals surface area contributed by atoms with Crippen LogP contribution in [0.3, 0.4) is 0 Å². The van der Waals surface area contributed by atoms with Crippen molar-refractivity contribution < 1.29 is 0 Å². The van der Waals surface area contributed by atoms with E-state index >= 15 is 0 Å². The van der Waals surface area contributed by atoms with Gasteiger partial charge in [-0.3, -0.25) is 0 Å². The van der Waals surface area contributed by atoms with Gasteiger partial charge in [0, 0.05) is 10.9 Å². The van der Waals surface area contributed by atoms with E-state index in [2.05, 4.69) is 36.3 Å². The molecule has 1 N–H and O–H groups in total. The molecule has 0 atom stereocenters. The second-order valence-corrected chi connectivity index (χ2v) is 2.50. The standard InChI is InChI=1S/C9H8N/c1-7-2-3-9-8(6-7)4-5-10-9/h2-4,6,10H,1H3. The Labute approximate surface area is 59.7 Å². The first kappa shape index (κ1) is 5.54. The zero-order chi connectivity index (χ0) is 6.97. The zero-order valence-electron chi connectivity index (χ0n) is 5.81. The summed E-state index contributed by atoms with van der Waals surface area (Å²) in [7, 11) is 0. The summed E-state index contributed by atoms with van der Waals surface area (Å²) in [6, 6.07) is 8.26. The van der Waals surface area contributed by atoms with Crippen LogP contribution < -0.4 is 0 Å². The molecule has 1 nitrogen and oxygen atoms in total. The molecule has 0 aliphatic rings. The highest BCUT2D eigenvalue weighted by Crippen LogP contribution is 2.12. The van der Waals surface area contributed by atoms with E-state index in [1.807, 2.05) is 6.07 Å². The molecule has 0 saturated carbocycles. The molecule has 0 fully saturated rings. The Morgan fingerprint density at radius 2 is 2.30 bits per heavy atom. The maximum Gasteiger partial charge on any atom is 0.0630 e. The summed E-state index contributed by atoms with van der Waals surface area (Å²) < 4.78 is 0. The zero-order valence-corrected chi connectivity index (χ0v) is 5.81. The van der Waals surface area contributed by atoms with Gasteiger partial charge >= 0.3 is 0 Å². The third-order valence-electron chi connectivity index (χ3n) is 1.64. The third-order valence-corrected chi connectivity index (χ3v) is 1.64. The summed E-state index contributed by atoms with van der Waals surface area (Å²) in [5.74, 6) is 0. The van der Waals surface area contributed by atoms with Gasteiger partial charge in [-0.05, 0) is 25.1 Å². The van der Waals surface area contributed by atoms with Gasteiger partial charge in [0.25, 0.3) is 0 Å². The average molecular weight is 130 g/mol. The normalized spacial score (nSPS) is 10.5. The fourth-order valence-corrected chi connectivity index (χ4v) is 1.11. The summed E-state index contributed by atoms with van der Waals surface area (Å²) in [6.07, 6.45) is 2.94. The van der Waals surface area contributed by atoms with Crippen LogP contribution in [0.2, 0.25) is 0 Å². The van der Waals surface area contributed by atoms with Crippen molar-refractivity contribution in [3.05, 3.63) is 36.0 Å². The highest BCUT2D eigenvalue weighted by Gasteiger charge is 1.91. The molecule has 0 amide bonds. The number of hydrogen-bond acceptors (Lipinski definition) is 0. The van der Waals surface area contributed by atoms with Crippen LogP contribution in [-0.2, 0) is 0 Å². The number of benzene rings is 1. The van der Waals surface area contributed by atoms with Crippen molar-refractivity contribution in [2.45, 2.75) is 6.92 Å². The highest BCUT2D eigenvalue weighted by molar-refractivity contribution is 5.79. The Kier molecular flexibility index (Phi) is 1.04. The van der Waals surface area contributed by atoms with Crippen molar-refractivity contribution in [1.82, 2.24) is 4.98 Å².